The van der Waals surface area contributed by atoms with Crippen LogP contribution in [0.15, 0.2) is 35.8 Å². The van der Waals surface area contributed by atoms with Gasteiger partial charge >= 0.3 is 0 Å². The lowest BCUT2D eigenvalue weighted by atomic mass is 10.1. The fraction of sp³-hybridized carbons (Fsp3) is 0.100. The Hall–Kier alpha value is -1.19. The van der Waals surface area contributed by atoms with Crippen LogP contribution < -0.4 is 5.73 Å². The van der Waals surface area contributed by atoms with Crippen molar-refractivity contribution in [2.24, 2.45) is 0 Å². The zero-order valence-electron chi connectivity index (χ0n) is 7.23. The van der Waals surface area contributed by atoms with E-state index in [0.717, 1.165) is 11.6 Å². The summed E-state index contributed by atoms with van der Waals surface area (Å²) in [6.07, 6.45) is 1.83. The molecule has 0 radical (unpaired) electrons. The van der Waals surface area contributed by atoms with Gasteiger partial charge < -0.3 is 5.73 Å². The molecule has 2 nitrogen and oxygen atoms in total. The van der Waals surface area contributed by atoms with E-state index in [1.165, 1.54) is 11.1 Å². The first kappa shape index (κ1) is 8.41. The molecule has 2 rings (SSSR count). The summed E-state index contributed by atoms with van der Waals surface area (Å²) in [6, 6.07) is 8.40. The fourth-order valence-corrected chi connectivity index (χ4v) is 1.82. The fourth-order valence-electron chi connectivity index (χ4n) is 1.18. The molecule has 0 amide bonds. The van der Waals surface area contributed by atoms with E-state index in [1.807, 2.05) is 11.6 Å². The molecule has 0 saturated carbocycles. The molecule has 1 aromatic carbocycles. The molecule has 3 heteroatoms. The molecule has 66 valence electrons. The third-order valence-corrected chi connectivity index (χ3v) is 2.74. The van der Waals surface area contributed by atoms with Gasteiger partial charge in [-0.2, -0.15) is 0 Å². The minimum atomic E-state index is 0.845. The van der Waals surface area contributed by atoms with E-state index < -0.39 is 0 Å². The number of thiazole rings is 1. The van der Waals surface area contributed by atoms with Gasteiger partial charge in [-0.15, -0.1) is 11.3 Å². The summed E-state index contributed by atoms with van der Waals surface area (Å²) in [7, 11) is 0. The van der Waals surface area contributed by atoms with Gasteiger partial charge in [-0.25, -0.2) is 4.98 Å². The Balaban J connectivity index is 2.33. The predicted molar refractivity (Wildman–Crippen MR) is 54.1 cm³/mol. The van der Waals surface area contributed by atoms with Crippen molar-refractivity contribution in [2.45, 2.75) is 6.54 Å². The number of hydrogen-bond donors (Lipinski definition) is 1. The summed E-state index contributed by atoms with van der Waals surface area (Å²) < 4.78 is 0. The molecule has 0 aliphatic heterocycles. The first-order valence-corrected chi connectivity index (χ1v) is 5.06. The molecule has 0 atom stereocenters. The van der Waals surface area contributed by atoms with Gasteiger partial charge in [0.2, 0.25) is 0 Å². The van der Waals surface area contributed by atoms with Crippen molar-refractivity contribution in [1.82, 2.24) is 4.98 Å². The second kappa shape index (κ2) is 3.68. The smallest absolute Gasteiger partial charge is 0.123 e. The van der Waals surface area contributed by atoms with Crippen LogP contribution >= 0.6 is 11.3 Å². The Kier molecular flexibility index (Phi) is 2.38. The maximum Gasteiger partial charge on any atom is 0.123 e. The average Bonchev–Trinajstić information content (AvgIpc) is 2.71. The Morgan fingerprint density at radius 3 is 2.54 bits per heavy atom. The van der Waals surface area contributed by atoms with Gasteiger partial charge in [0.15, 0.2) is 0 Å². The first-order chi connectivity index (χ1) is 6.40. The Morgan fingerprint density at radius 1 is 1.23 bits per heavy atom. The van der Waals surface area contributed by atoms with E-state index in [1.54, 1.807) is 11.3 Å². The molecule has 0 fully saturated rings. The van der Waals surface area contributed by atoms with Crippen LogP contribution in [0.25, 0.3) is 10.6 Å². The van der Waals surface area contributed by atoms with Crippen LogP contribution in [0.1, 0.15) is 5.56 Å². The number of aromatic nitrogens is 1. The van der Waals surface area contributed by atoms with Crippen molar-refractivity contribution in [2.75, 3.05) is 0 Å². The number of benzene rings is 1. The van der Waals surface area contributed by atoms with Crippen LogP contribution in [0.2, 0.25) is 0 Å². The van der Waals surface area contributed by atoms with E-state index in [4.69, 9.17) is 0 Å². The summed E-state index contributed by atoms with van der Waals surface area (Å²) in [5, 5.41) is 3.07. The van der Waals surface area contributed by atoms with Crippen LogP contribution in [0.5, 0.6) is 0 Å². The normalized spacial score (nSPS) is 10.2. The monoisotopic (exact) mass is 191 g/mol. The van der Waals surface area contributed by atoms with Gasteiger partial charge in [0.05, 0.1) is 6.54 Å². The molecule has 3 N–H and O–H groups in total. The van der Waals surface area contributed by atoms with Crippen molar-refractivity contribution >= 4 is 11.3 Å². The lowest BCUT2D eigenvalue weighted by Gasteiger charge is -1.96. The predicted octanol–water partition coefficient (Wildman–Crippen LogP) is 1.55. The molecule has 0 saturated heterocycles. The Bertz CT molecular complexity index is 364. The summed E-state index contributed by atoms with van der Waals surface area (Å²) in [5.41, 5.74) is 6.29. The molecule has 2 aromatic rings. The second-order valence-corrected chi connectivity index (χ2v) is 3.68. The third-order valence-electron chi connectivity index (χ3n) is 1.92. The number of hydrogen-bond acceptors (Lipinski definition) is 2. The largest absolute Gasteiger partial charge is 0.354 e. The minimum absolute atomic E-state index is 0.845. The number of nitrogens with zero attached hydrogens (tertiary/aromatic N) is 1. The zero-order chi connectivity index (χ0) is 9.10. The minimum Gasteiger partial charge on any atom is -0.354 e. The van der Waals surface area contributed by atoms with Crippen LogP contribution in [0.4, 0.5) is 0 Å². The van der Waals surface area contributed by atoms with Gasteiger partial charge in [0, 0.05) is 22.7 Å². The summed E-state index contributed by atoms with van der Waals surface area (Å²) >= 11 is 1.66. The maximum atomic E-state index is 4.24. The molecule has 0 bridgehead atoms. The lowest BCUT2D eigenvalue weighted by molar-refractivity contribution is -0.386. The highest BCUT2D eigenvalue weighted by molar-refractivity contribution is 7.13. The second-order valence-electron chi connectivity index (χ2n) is 2.78. The van der Waals surface area contributed by atoms with E-state index in [-0.39, 0.29) is 0 Å². The molecule has 1 heterocycles. The lowest BCUT2D eigenvalue weighted by Crippen LogP contribution is -2.47. The van der Waals surface area contributed by atoms with Crippen molar-refractivity contribution in [1.29, 1.82) is 0 Å². The highest BCUT2D eigenvalue weighted by Crippen LogP contribution is 2.21. The van der Waals surface area contributed by atoms with Gasteiger partial charge in [0.1, 0.15) is 5.01 Å². The quantitative estimate of drug-likeness (QED) is 0.768. The van der Waals surface area contributed by atoms with Gasteiger partial charge in [0.25, 0.3) is 0 Å². The molecule has 0 unspecified atom stereocenters. The van der Waals surface area contributed by atoms with E-state index >= 15 is 0 Å². The highest BCUT2D eigenvalue weighted by Gasteiger charge is 1.99. The summed E-state index contributed by atoms with van der Waals surface area (Å²) in [4.78, 5) is 4.24. The van der Waals surface area contributed by atoms with Crippen LogP contribution in [-0.2, 0) is 6.54 Å². The average molecular weight is 191 g/mol. The van der Waals surface area contributed by atoms with Crippen LogP contribution in [-0.4, -0.2) is 4.98 Å². The molecule has 0 aliphatic carbocycles. The Labute approximate surface area is 81.1 Å². The van der Waals surface area contributed by atoms with Crippen molar-refractivity contribution in [3.05, 3.63) is 41.4 Å². The highest BCUT2D eigenvalue weighted by atomic mass is 32.1. The van der Waals surface area contributed by atoms with Crippen molar-refractivity contribution < 1.29 is 5.73 Å². The maximum absolute atomic E-state index is 4.24. The zero-order valence-corrected chi connectivity index (χ0v) is 8.05. The van der Waals surface area contributed by atoms with Crippen molar-refractivity contribution in [3.8, 4) is 10.6 Å². The van der Waals surface area contributed by atoms with Crippen LogP contribution in [0, 0.1) is 0 Å². The standard InChI is InChI=1S/C10H10N2S/c11-7-8-1-3-9(4-2-8)10-12-5-6-13-10/h1-6H,7,11H2/p+1. The Morgan fingerprint density at radius 2 is 2.00 bits per heavy atom. The molecular weight excluding hydrogens is 180 g/mol. The topological polar surface area (TPSA) is 40.5 Å². The van der Waals surface area contributed by atoms with E-state index in [2.05, 4.69) is 35.0 Å². The summed E-state index contributed by atoms with van der Waals surface area (Å²) in [6.45, 7) is 0.845. The van der Waals surface area contributed by atoms with Crippen LogP contribution in [0.3, 0.4) is 0 Å². The molecular formula is C10H11N2S+. The molecule has 0 aliphatic rings. The van der Waals surface area contributed by atoms with Gasteiger partial charge in [-0.3, -0.25) is 0 Å². The number of rotatable bonds is 2. The summed E-state index contributed by atoms with van der Waals surface area (Å²) in [5.74, 6) is 0. The molecule has 1 aromatic heterocycles. The number of quaternary nitrogens is 1. The molecule has 13 heavy (non-hydrogen) atoms. The third kappa shape index (κ3) is 1.76. The van der Waals surface area contributed by atoms with E-state index in [9.17, 15) is 0 Å². The van der Waals surface area contributed by atoms with Gasteiger partial charge in [-0.05, 0) is 0 Å². The van der Waals surface area contributed by atoms with Crippen molar-refractivity contribution in [3.63, 3.8) is 0 Å². The SMILES string of the molecule is [NH3+]Cc1ccc(-c2nccs2)cc1. The van der Waals surface area contributed by atoms with E-state index in [0.29, 0.717) is 0 Å². The first-order valence-electron chi connectivity index (χ1n) is 4.18. The molecule has 0 spiro atoms. The van der Waals surface area contributed by atoms with Gasteiger partial charge in [-0.1, -0.05) is 24.3 Å².